The molecular formula is C26H30N6O4. The molecule has 0 radical (unpaired) electrons. The quantitative estimate of drug-likeness (QED) is 0.436. The van der Waals surface area contributed by atoms with Gasteiger partial charge in [0, 0.05) is 23.2 Å². The van der Waals surface area contributed by atoms with E-state index >= 15 is 0 Å². The molecule has 3 N–H and O–H groups in total. The number of carbonyl (C=O) groups is 2. The maximum atomic E-state index is 12.1. The van der Waals surface area contributed by atoms with E-state index in [9.17, 15) is 9.59 Å². The lowest BCUT2D eigenvalue weighted by Gasteiger charge is -2.11. The van der Waals surface area contributed by atoms with Gasteiger partial charge in [0.25, 0.3) is 0 Å². The average molecular weight is 491 g/mol. The molecule has 3 aromatic heterocycles. The fourth-order valence-corrected chi connectivity index (χ4v) is 3.51. The number of anilines is 3. The highest BCUT2D eigenvalue weighted by Crippen LogP contribution is 2.40. The molecule has 0 bridgehead atoms. The zero-order valence-electron chi connectivity index (χ0n) is 20.4. The Balaban J connectivity index is 0.000000179. The third-order valence-electron chi connectivity index (χ3n) is 5.63. The van der Waals surface area contributed by atoms with Gasteiger partial charge in [0.05, 0.1) is 42.7 Å². The predicted molar refractivity (Wildman–Crippen MR) is 134 cm³/mol. The first-order chi connectivity index (χ1) is 17.5. The molecule has 0 unspecified atom stereocenters. The van der Waals surface area contributed by atoms with Crippen LogP contribution in [0.5, 0.6) is 0 Å². The summed E-state index contributed by atoms with van der Waals surface area (Å²) >= 11 is 0. The van der Waals surface area contributed by atoms with Crippen molar-refractivity contribution in [3.05, 3.63) is 65.8 Å². The molecule has 3 aromatic rings. The van der Waals surface area contributed by atoms with E-state index < -0.39 is 11.9 Å². The number of hydrogen-bond donors (Lipinski definition) is 2. The standard InChI is InChI=1S/C15H16N4O2.C11H14N2O2/c1-2-21-15(20)14-13(18-11-7-16-9-17-8-11)6-5-12(19-14)10-3-4-10;1-2-15-11(14)10-8(12)5-6-9(13-10)7-3-4-7/h5-10,18H,2-4H2,1H3;5-7H,2-4,12H2,1H3. The van der Waals surface area contributed by atoms with Crippen molar-refractivity contribution >= 4 is 29.0 Å². The molecular weight excluding hydrogens is 460 g/mol. The van der Waals surface area contributed by atoms with Crippen LogP contribution in [0.1, 0.15) is 83.7 Å². The summed E-state index contributed by atoms with van der Waals surface area (Å²) in [6.45, 7) is 4.20. The Morgan fingerprint density at radius 2 is 1.39 bits per heavy atom. The number of hydrogen-bond acceptors (Lipinski definition) is 10. The lowest BCUT2D eigenvalue weighted by Crippen LogP contribution is -2.11. The normalized spacial score (nSPS) is 14.3. The maximum absolute atomic E-state index is 12.1. The van der Waals surface area contributed by atoms with Crippen LogP contribution in [0.3, 0.4) is 0 Å². The third-order valence-corrected chi connectivity index (χ3v) is 5.63. The van der Waals surface area contributed by atoms with E-state index in [0.29, 0.717) is 47.8 Å². The molecule has 10 heteroatoms. The minimum Gasteiger partial charge on any atom is -0.461 e. The topological polar surface area (TPSA) is 142 Å². The Bertz CT molecular complexity index is 1210. The molecule has 2 fully saturated rings. The molecule has 0 aliphatic heterocycles. The van der Waals surface area contributed by atoms with Gasteiger partial charge < -0.3 is 20.5 Å². The van der Waals surface area contributed by atoms with Crippen molar-refractivity contribution in [2.24, 2.45) is 0 Å². The molecule has 3 heterocycles. The van der Waals surface area contributed by atoms with Crippen LogP contribution in [0, 0.1) is 0 Å². The van der Waals surface area contributed by atoms with Gasteiger partial charge in [0.15, 0.2) is 11.4 Å². The Morgan fingerprint density at radius 3 is 1.94 bits per heavy atom. The second-order valence-electron chi connectivity index (χ2n) is 8.55. The number of nitrogens with zero attached hydrogens (tertiary/aromatic N) is 4. The molecule has 36 heavy (non-hydrogen) atoms. The Labute approximate surface area is 209 Å². The molecule has 0 amide bonds. The zero-order valence-corrected chi connectivity index (χ0v) is 20.4. The van der Waals surface area contributed by atoms with Crippen LogP contribution in [0.2, 0.25) is 0 Å². The molecule has 0 aromatic carbocycles. The average Bonchev–Trinajstić information content (AvgIpc) is 3.79. The van der Waals surface area contributed by atoms with Crippen LogP contribution in [-0.4, -0.2) is 45.1 Å². The molecule has 10 nitrogen and oxygen atoms in total. The molecule has 0 atom stereocenters. The number of carbonyl (C=O) groups excluding carboxylic acids is 2. The minimum absolute atomic E-state index is 0.251. The summed E-state index contributed by atoms with van der Waals surface area (Å²) < 4.78 is 9.97. The van der Waals surface area contributed by atoms with Crippen molar-refractivity contribution in [1.29, 1.82) is 0 Å². The summed E-state index contributed by atoms with van der Waals surface area (Å²) in [5.74, 6) is 0.142. The number of esters is 2. The summed E-state index contributed by atoms with van der Waals surface area (Å²) in [6.07, 6.45) is 9.29. The molecule has 188 valence electrons. The van der Waals surface area contributed by atoms with E-state index in [1.165, 1.54) is 6.33 Å². The fraction of sp³-hybridized carbons (Fsp3) is 0.385. The second kappa shape index (κ2) is 11.6. The summed E-state index contributed by atoms with van der Waals surface area (Å²) in [4.78, 5) is 40.2. The van der Waals surface area contributed by atoms with Crippen LogP contribution < -0.4 is 11.1 Å². The highest BCUT2D eigenvalue weighted by molar-refractivity contribution is 5.94. The third kappa shape index (κ3) is 6.53. The van der Waals surface area contributed by atoms with Gasteiger partial charge in [0.2, 0.25) is 0 Å². The first-order valence-corrected chi connectivity index (χ1v) is 12.1. The highest BCUT2D eigenvalue weighted by atomic mass is 16.5. The Hall–Kier alpha value is -4.08. The van der Waals surface area contributed by atoms with Crippen molar-refractivity contribution in [1.82, 2.24) is 19.9 Å². The van der Waals surface area contributed by atoms with Crippen molar-refractivity contribution in [2.75, 3.05) is 24.3 Å². The van der Waals surface area contributed by atoms with Gasteiger partial charge in [-0.3, -0.25) is 0 Å². The maximum Gasteiger partial charge on any atom is 0.359 e. The van der Waals surface area contributed by atoms with Crippen LogP contribution in [0.4, 0.5) is 17.1 Å². The number of nitrogens with one attached hydrogen (secondary N) is 1. The van der Waals surface area contributed by atoms with Gasteiger partial charge in [-0.2, -0.15) is 0 Å². The number of nitrogens with two attached hydrogens (primary N) is 1. The van der Waals surface area contributed by atoms with Crippen LogP contribution in [-0.2, 0) is 9.47 Å². The number of aromatic nitrogens is 4. The van der Waals surface area contributed by atoms with E-state index in [4.69, 9.17) is 15.2 Å². The molecule has 2 saturated carbocycles. The summed E-state index contributed by atoms with van der Waals surface area (Å²) in [6, 6.07) is 7.43. The Morgan fingerprint density at radius 1 is 0.861 bits per heavy atom. The molecule has 2 aliphatic carbocycles. The van der Waals surface area contributed by atoms with E-state index in [1.807, 2.05) is 18.2 Å². The van der Waals surface area contributed by atoms with E-state index in [1.54, 1.807) is 32.3 Å². The lowest BCUT2D eigenvalue weighted by atomic mass is 10.2. The molecule has 0 spiro atoms. The van der Waals surface area contributed by atoms with Crippen molar-refractivity contribution in [3.63, 3.8) is 0 Å². The zero-order chi connectivity index (χ0) is 25.5. The monoisotopic (exact) mass is 490 g/mol. The summed E-state index contributed by atoms with van der Waals surface area (Å²) in [5.41, 5.74) is 9.83. The first kappa shape index (κ1) is 25.0. The van der Waals surface area contributed by atoms with Crippen LogP contribution in [0.15, 0.2) is 43.0 Å². The lowest BCUT2D eigenvalue weighted by molar-refractivity contribution is 0.0511. The summed E-state index contributed by atoms with van der Waals surface area (Å²) in [7, 11) is 0. The van der Waals surface area contributed by atoms with Gasteiger partial charge in [-0.25, -0.2) is 29.5 Å². The molecule has 0 saturated heterocycles. The number of nitrogen functional groups attached to an aromatic ring is 1. The smallest absolute Gasteiger partial charge is 0.359 e. The molecule has 5 rings (SSSR count). The second-order valence-corrected chi connectivity index (χ2v) is 8.55. The number of rotatable bonds is 8. The fourth-order valence-electron chi connectivity index (χ4n) is 3.51. The van der Waals surface area contributed by atoms with Gasteiger partial charge in [-0.1, -0.05) is 0 Å². The Kier molecular flexibility index (Phi) is 8.04. The van der Waals surface area contributed by atoms with Gasteiger partial charge in [-0.15, -0.1) is 0 Å². The van der Waals surface area contributed by atoms with E-state index in [-0.39, 0.29) is 5.69 Å². The SMILES string of the molecule is CCOC(=O)c1nc(C2CC2)ccc1N.CCOC(=O)c1nc(C2CC2)ccc1Nc1cncnc1. The van der Waals surface area contributed by atoms with Gasteiger partial charge in [-0.05, 0) is 63.8 Å². The minimum atomic E-state index is -0.433. The van der Waals surface area contributed by atoms with Crippen molar-refractivity contribution < 1.29 is 19.1 Å². The van der Waals surface area contributed by atoms with E-state index in [2.05, 4.69) is 25.3 Å². The molecule has 2 aliphatic rings. The van der Waals surface area contributed by atoms with Gasteiger partial charge >= 0.3 is 11.9 Å². The van der Waals surface area contributed by atoms with Crippen molar-refractivity contribution in [2.45, 2.75) is 51.4 Å². The number of ether oxygens (including phenoxy) is 2. The number of pyridine rings is 2. The van der Waals surface area contributed by atoms with Crippen LogP contribution in [0.25, 0.3) is 0 Å². The van der Waals surface area contributed by atoms with Crippen LogP contribution >= 0.6 is 0 Å². The summed E-state index contributed by atoms with van der Waals surface area (Å²) in [5, 5.41) is 3.11. The van der Waals surface area contributed by atoms with Crippen molar-refractivity contribution in [3.8, 4) is 0 Å². The predicted octanol–water partition coefficient (Wildman–Crippen LogP) is 4.39. The van der Waals surface area contributed by atoms with E-state index in [0.717, 1.165) is 37.1 Å². The van der Waals surface area contributed by atoms with Gasteiger partial charge in [0.1, 0.15) is 6.33 Å². The highest BCUT2D eigenvalue weighted by Gasteiger charge is 2.28. The largest absolute Gasteiger partial charge is 0.461 e. The first-order valence-electron chi connectivity index (χ1n) is 12.1.